The van der Waals surface area contributed by atoms with E-state index in [9.17, 15) is 37.1 Å². The van der Waals surface area contributed by atoms with Crippen LogP contribution in [-0.4, -0.2) is 84.8 Å². The largest absolute Gasteiger partial charge is 0.522 e. The van der Waals surface area contributed by atoms with Crippen LogP contribution >= 0.6 is 0 Å². The number of amides is 4. The highest BCUT2D eigenvalue weighted by Gasteiger charge is 2.56. The number of halogens is 3. The van der Waals surface area contributed by atoms with Crippen LogP contribution < -0.4 is 16.0 Å². The molecule has 4 amide bonds. The molecule has 3 N–H and O–H groups in total. The molecule has 11 nitrogen and oxygen atoms in total. The Morgan fingerprint density at radius 1 is 1.09 bits per heavy atom. The molecule has 0 aromatic heterocycles. The van der Waals surface area contributed by atoms with Crippen LogP contribution in [0.2, 0.25) is 0 Å². The third kappa shape index (κ3) is 9.29. The van der Waals surface area contributed by atoms with Crippen molar-refractivity contribution >= 4 is 29.6 Å². The molecule has 4 aliphatic rings. The van der Waals surface area contributed by atoms with E-state index in [1.165, 1.54) is 4.90 Å². The highest BCUT2D eigenvalue weighted by atomic mass is 19.4. The Kier molecular flexibility index (Phi) is 10.6. The van der Waals surface area contributed by atoms with Gasteiger partial charge in [0, 0.05) is 25.0 Å². The summed E-state index contributed by atoms with van der Waals surface area (Å²) in [5.41, 5.74) is -0.269. The third-order valence-corrected chi connectivity index (χ3v) is 8.95. The lowest BCUT2D eigenvalue weighted by Gasteiger charge is -2.30. The first-order valence-electron chi connectivity index (χ1n) is 15.3. The molecule has 14 heteroatoms. The standard InChI is InChI=1S/C29H43F3N4O7/c1-17(2)12-23(43-27(41)34-19-6-4-3-5-7-19)26(40)36-16-28(9-10-28)14-21(36)25(39)35-20(13-18-8-11-33-24(18)38)22(37)15-42-29(30,31)32/h17-21,23H,3-16H2,1-2H3,(H,33,38)(H,34,41)(H,35,39)/t18-,20-,21-,23+/m0/s1. The molecular formula is C29H43F3N4O7. The van der Waals surface area contributed by atoms with Crippen molar-refractivity contribution in [1.82, 2.24) is 20.9 Å². The van der Waals surface area contributed by atoms with E-state index >= 15 is 0 Å². The van der Waals surface area contributed by atoms with Crippen LogP contribution in [0.1, 0.15) is 84.5 Å². The van der Waals surface area contributed by atoms with E-state index < -0.39 is 60.8 Å². The summed E-state index contributed by atoms with van der Waals surface area (Å²) in [7, 11) is 0. The van der Waals surface area contributed by atoms with Crippen molar-refractivity contribution in [2.45, 2.75) is 115 Å². The number of likely N-dealkylation sites (tertiary alicyclic amines) is 1. The van der Waals surface area contributed by atoms with Crippen molar-refractivity contribution in [2.24, 2.45) is 17.3 Å². The van der Waals surface area contributed by atoms with Gasteiger partial charge in [-0.25, -0.2) is 4.79 Å². The zero-order chi connectivity index (χ0) is 31.4. The van der Waals surface area contributed by atoms with Gasteiger partial charge < -0.3 is 25.6 Å². The van der Waals surface area contributed by atoms with Crippen molar-refractivity contribution in [3.8, 4) is 0 Å². The van der Waals surface area contributed by atoms with Gasteiger partial charge in [0.05, 0.1) is 6.04 Å². The maximum absolute atomic E-state index is 13.9. The Bertz CT molecular complexity index is 1060. The Balaban J connectivity index is 1.47. The Labute approximate surface area is 249 Å². The van der Waals surface area contributed by atoms with Crippen molar-refractivity contribution in [3.05, 3.63) is 0 Å². The molecule has 242 valence electrons. The topological polar surface area (TPSA) is 143 Å². The number of rotatable bonds is 12. The summed E-state index contributed by atoms with van der Waals surface area (Å²) in [5, 5.41) is 8.01. The van der Waals surface area contributed by atoms with Crippen LogP contribution in [0.5, 0.6) is 0 Å². The van der Waals surface area contributed by atoms with Crippen LogP contribution in [-0.2, 0) is 28.7 Å². The summed E-state index contributed by atoms with van der Waals surface area (Å²) in [6, 6.07) is -2.44. The van der Waals surface area contributed by atoms with Gasteiger partial charge in [-0.2, -0.15) is 0 Å². The number of hydrogen-bond donors (Lipinski definition) is 3. The van der Waals surface area contributed by atoms with E-state index in [0.29, 0.717) is 19.4 Å². The van der Waals surface area contributed by atoms with E-state index in [1.54, 1.807) is 0 Å². The number of ether oxygens (including phenoxy) is 2. The third-order valence-electron chi connectivity index (χ3n) is 8.95. The maximum atomic E-state index is 13.9. The molecule has 2 aliphatic carbocycles. The normalized spacial score (nSPS) is 24.9. The second-order valence-corrected chi connectivity index (χ2v) is 13.0. The van der Waals surface area contributed by atoms with Crippen LogP contribution in [0.3, 0.4) is 0 Å². The molecule has 4 rings (SSSR count). The predicted molar refractivity (Wildman–Crippen MR) is 146 cm³/mol. The minimum absolute atomic E-state index is 0.00520. The molecule has 1 spiro atoms. The molecule has 0 bridgehead atoms. The minimum atomic E-state index is -5.04. The lowest BCUT2D eigenvalue weighted by molar-refractivity contribution is -0.321. The molecule has 0 radical (unpaired) electrons. The number of carbonyl (C=O) groups excluding carboxylic acids is 5. The molecule has 0 aromatic rings. The predicted octanol–water partition coefficient (Wildman–Crippen LogP) is 2.96. The summed E-state index contributed by atoms with van der Waals surface area (Å²) in [5.74, 6) is -3.26. The Hall–Kier alpha value is -2.90. The van der Waals surface area contributed by atoms with Gasteiger partial charge in [-0.1, -0.05) is 33.1 Å². The molecule has 43 heavy (non-hydrogen) atoms. The first-order chi connectivity index (χ1) is 20.2. The lowest BCUT2D eigenvalue weighted by Crippen LogP contribution is -2.54. The zero-order valence-corrected chi connectivity index (χ0v) is 24.8. The molecule has 2 aliphatic heterocycles. The van der Waals surface area contributed by atoms with Crippen molar-refractivity contribution in [3.63, 3.8) is 0 Å². The van der Waals surface area contributed by atoms with E-state index in [0.717, 1.165) is 44.9 Å². The molecule has 0 unspecified atom stereocenters. The molecule has 4 fully saturated rings. The highest BCUT2D eigenvalue weighted by molar-refractivity contribution is 5.95. The first-order valence-corrected chi connectivity index (χ1v) is 15.3. The first kappa shape index (κ1) is 33.0. The van der Waals surface area contributed by atoms with Gasteiger partial charge >= 0.3 is 12.5 Å². The van der Waals surface area contributed by atoms with Gasteiger partial charge in [-0.05, 0) is 62.7 Å². The van der Waals surface area contributed by atoms with Crippen LogP contribution in [0.25, 0.3) is 0 Å². The number of alkyl carbamates (subject to hydrolysis) is 1. The molecule has 2 heterocycles. The average molecular weight is 617 g/mol. The number of carbonyl (C=O) groups is 5. The summed E-state index contributed by atoms with van der Waals surface area (Å²) in [4.78, 5) is 66.6. The van der Waals surface area contributed by atoms with Gasteiger partial charge in [-0.15, -0.1) is 13.2 Å². The van der Waals surface area contributed by atoms with Crippen LogP contribution in [0, 0.1) is 17.3 Å². The number of alkyl halides is 3. The van der Waals surface area contributed by atoms with Gasteiger partial charge in [-0.3, -0.25) is 23.9 Å². The number of Topliss-reactive ketones (excluding diaryl/α,β-unsaturated/α-hetero) is 1. The summed E-state index contributed by atoms with van der Waals surface area (Å²) in [6.45, 7) is 3.08. The fourth-order valence-electron chi connectivity index (χ4n) is 6.40. The summed E-state index contributed by atoms with van der Waals surface area (Å²) >= 11 is 0. The highest BCUT2D eigenvalue weighted by Crippen LogP contribution is 2.55. The summed E-state index contributed by atoms with van der Waals surface area (Å²) in [6.07, 6.45) is 0.252. The van der Waals surface area contributed by atoms with Gasteiger partial charge in [0.15, 0.2) is 11.9 Å². The molecule has 2 saturated carbocycles. The molecule has 2 saturated heterocycles. The number of nitrogens with zero attached hydrogens (tertiary/aromatic N) is 1. The smallest absolute Gasteiger partial charge is 0.436 e. The van der Waals surface area contributed by atoms with E-state index in [-0.39, 0.29) is 42.7 Å². The van der Waals surface area contributed by atoms with Crippen LogP contribution in [0.15, 0.2) is 0 Å². The van der Waals surface area contributed by atoms with Crippen molar-refractivity contribution in [2.75, 3.05) is 19.7 Å². The summed E-state index contributed by atoms with van der Waals surface area (Å²) < 4.78 is 47.3. The Morgan fingerprint density at radius 2 is 1.79 bits per heavy atom. The van der Waals surface area contributed by atoms with Crippen LogP contribution in [0.4, 0.5) is 18.0 Å². The number of hydrogen-bond acceptors (Lipinski definition) is 7. The Morgan fingerprint density at radius 3 is 2.37 bits per heavy atom. The van der Waals surface area contributed by atoms with Crippen molar-refractivity contribution < 1.29 is 46.6 Å². The van der Waals surface area contributed by atoms with Gasteiger partial charge in [0.1, 0.15) is 12.6 Å². The second-order valence-electron chi connectivity index (χ2n) is 13.0. The molecule has 4 atom stereocenters. The second kappa shape index (κ2) is 13.8. The number of nitrogens with one attached hydrogen (secondary N) is 3. The van der Waals surface area contributed by atoms with Gasteiger partial charge in [0.2, 0.25) is 11.8 Å². The van der Waals surface area contributed by atoms with Crippen molar-refractivity contribution in [1.29, 1.82) is 0 Å². The fourth-order valence-corrected chi connectivity index (χ4v) is 6.40. The van der Waals surface area contributed by atoms with E-state index in [1.807, 2.05) is 13.8 Å². The van der Waals surface area contributed by atoms with E-state index in [2.05, 4.69) is 20.7 Å². The van der Waals surface area contributed by atoms with Gasteiger partial charge in [0.25, 0.3) is 5.91 Å². The molecular weight excluding hydrogens is 573 g/mol. The minimum Gasteiger partial charge on any atom is -0.436 e. The lowest BCUT2D eigenvalue weighted by atomic mass is 9.95. The average Bonchev–Trinajstić information content (AvgIpc) is 3.40. The quantitative estimate of drug-likeness (QED) is 0.306. The fraction of sp³-hybridized carbons (Fsp3) is 0.828. The number of ketones is 1. The zero-order valence-electron chi connectivity index (χ0n) is 24.8. The molecule has 0 aromatic carbocycles. The monoisotopic (exact) mass is 616 g/mol. The maximum Gasteiger partial charge on any atom is 0.522 e. The van der Waals surface area contributed by atoms with E-state index in [4.69, 9.17) is 4.74 Å². The SMILES string of the molecule is CC(C)C[C@@H](OC(=O)NC1CCCCC1)C(=O)N1CC2(CC2)C[C@H]1C(=O)N[C@@H](C[C@@H]1CCNC1=O)C(=O)COC(F)(F)F.